The molecular formula is C29H31N5O4S. The Bertz CT molecular complexity index is 1610. The zero-order valence-electron chi connectivity index (χ0n) is 21.9. The number of hydrogen-bond donors (Lipinski definition) is 2. The average molecular weight is 546 g/mol. The summed E-state index contributed by atoms with van der Waals surface area (Å²) in [6.45, 7) is 9.23. The van der Waals surface area contributed by atoms with Gasteiger partial charge in [-0.3, -0.25) is 14.2 Å². The fourth-order valence-corrected chi connectivity index (χ4v) is 5.52. The van der Waals surface area contributed by atoms with Crippen LogP contribution in [0.15, 0.2) is 53.8 Å². The molecule has 202 valence electrons. The Hall–Kier alpha value is -4.20. The van der Waals surface area contributed by atoms with Crippen molar-refractivity contribution in [2.75, 3.05) is 38.1 Å². The Kier molecular flexibility index (Phi) is 9.31. The number of nitriles is 1. The Morgan fingerprint density at radius 1 is 1.18 bits per heavy atom. The number of nitrogens with zero attached hydrogens (tertiary/aromatic N) is 3. The molecule has 39 heavy (non-hydrogen) atoms. The maximum Gasteiger partial charge on any atom is 0.352 e. The summed E-state index contributed by atoms with van der Waals surface area (Å²) in [5, 5.41) is 17.5. The van der Waals surface area contributed by atoms with Gasteiger partial charge in [0.25, 0.3) is 11.5 Å². The molecule has 1 fully saturated rings. The van der Waals surface area contributed by atoms with E-state index in [9.17, 15) is 19.6 Å². The number of aromatic nitrogens is 1. The number of esters is 1. The maximum absolute atomic E-state index is 12.9. The third-order valence-electron chi connectivity index (χ3n) is 6.47. The summed E-state index contributed by atoms with van der Waals surface area (Å²) < 4.78 is 6.97. The number of amides is 1. The lowest BCUT2D eigenvalue weighted by Crippen LogP contribution is -2.33. The van der Waals surface area contributed by atoms with Gasteiger partial charge in [0.2, 0.25) is 0 Å². The lowest BCUT2D eigenvalue weighted by molar-refractivity contribution is -0.135. The highest BCUT2D eigenvalue weighted by Crippen LogP contribution is 2.21. The van der Waals surface area contributed by atoms with Crippen LogP contribution in [0.3, 0.4) is 0 Å². The standard InChI is InChI=1S/C29H31N5O4S/c1-3-15-38-29(37)24(18-30)28-34(4-2)27(36)25(39-28)19-32-23-10-9-20-16-22(8-7-21(20)17-23)26(35)31-11-14-33-12-5-6-13-33/h3,7-10,16-17,19,32H,1,4-6,11-15H2,2H3,(H,31,35). The minimum Gasteiger partial charge on any atom is -0.457 e. The molecule has 9 nitrogen and oxygen atoms in total. The predicted octanol–water partition coefficient (Wildman–Crippen LogP) is 2.16. The molecule has 2 N–H and O–H groups in total. The summed E-state index contributed by atoms with van der Waals surface area (Å²) in [5.41, 5.74) is 0.827. The molecule has 1 aliphatic heterocycles. The molecule has 1 amide bonds. The van der Waals surface area contributed by atoms with Gasteiger partial charge in [-0.25, -0.2) is 4.79 Å². The van der Waals surface area contributed by atoms with Crippen molar-refractivity contribution in [2.24, 2.45) is 0 Å². The fourth-order valence-electron chi connectivity index (χ4n) is 4.44. The van der Waals surface area contributed by atoms with Gasteiger partial charge in [0.15, 0.2) is 5.57 Å². The van der Waals surface area contributed by atoms with E-state index in [0.717, 1.165) is 47.4 Å². The van der Waals surface area contributed by atoms with Gasteiger partial charge in [-0.05, 0) is 67.9 Å². The summed E-state index contributed by atoms with van der Waals surface area (Å²) >= 11 is 1.05. The van der Waals surface area contributed by atoms with Gasteiger partial charge in [-0.1, -0.05) is 24.8 Å². The molecule has 0 saturated carbocycles. The number of anilines is 1. The van der Waals surface area contributed by atoms with Crippen LogP contribution >= 0.6 is 11.3 Å². The largest absolute Gasteiger partial charge is 0.457 e. The second kappa shape index (κ2) is 13.0. The molecule has 0 radical (unpaired) electrons. The van der Waals surface area contributed by atoms with Crippen molar-refractivity contribution in [3.8, 4) is 6.07 Å². The molecule has 0 spiro atoms. The molecule has 1 saturated heterocycles. The topological polar surface area (TPSA) is 116 Å². The van der Waals surface area contributed by atoms with Crippen molar-refractivity contribution in [3.63, 3.8) is 0 Å². The average Bonchev–Trinajstić information content (AvgIpc) is 3.58. The number of hydrogen-bond acceptors (Lipinski definition) is 8. The number of carbonyl (C=O) groups excluding carboxylic acids is 2. The van der Waals surface area contributed by atoms with Crippen molar-refractivity contribution < 1.29 is 14.3 Å². The molecule has 0 unspecified atom stereocenters. The van der Waals surface area contributed by atoms with Crippen LogP contribution < -0.4 is 25.4 Å². The van der Waals surface area contributed by atoms with E-state index in [4.69, 9.17) is 4.74 Å². The summed E-state index contributed by atoms with van der Waals surface area (Å²) in [6, 6.07) is 13.1. The van der Waals surface area contributed by atoms with Gasteiger partial charge in [-0.2, -0.15) is 5.26 Å². The van der Waals surface area contributed by atoms with Crippen molar-refractivity contribution in [1.82, 2.24) is 14.8 Å². The third-order valence-corrected chi connectivity index (χ3v) is 7.60. The van der Waals surface area contributed by atoms with Gasteiger partial charge in [0.05, 0.1) is 0 Å². The Balaban J connectivity index is 1.52. The molecule has 3 aromatic rings. The van der Waals surface area contributed by atoms with Crippen LogP contribution in [0.4, 0.5) is 5.69 Å². The van der Waals surface area contributed by atoms with Gasteiger partial charge < -0.3 is 20.3 Å². The molecule has 0 bridgehead atoms. The minimum atomic E-state index is -0.797. The monoisotopic (exact) mass is 545 g/mol. The summed E-state index contributed by atoms with van der Waals surface area (Å²) in [6.07, 6.45) is 5.43. The van der Waals surface area contributed by atoms with Crippen molar-refractivity contribution in [3.05, 3.63) is 74.2 Å². The number of likely N-dealkylation sites (tertiary alicyclic amines) is 1. The Morgan fingerprint density at radius 2 is 1.92 bits per heavy atom. The number of thiazole rings is 1. The highest BCUT2D eigenvalue weighted by molar-refractivity contribution is 7.07. The third kappa shape index (κ3) is 6.63. The van der Waals surface area contributed by atoms with Crippen LogP contribution in [0.5, 0.6) is 0 Å². The van der Waals surface area contributed by atoms with Crippen molar-refractivity contribution in [1.29, 1.82) is 5.26 Å². The fraction of sp³-hybridized carbons (Fsp3) is 0.310. The molecular weight excluding hydrogens is 514 g/mol. The van der Waals surface area contributed by atoms with Crippen molar-refractivity contribution in [2.45, 2.75) is 26.3 Å². The van der Waals surface area contributed by atoms with Crippen LogP contribution in [0.2, 0.25) is 0 Å². The van der Waals surface area contributed by atoms with Crippen LogP contribution in [0.25, 0.3) is 22.5 Å². The highest BCUT2D eigenvalue weighted by atomic mass is 32.1. The number of carbonyl (C=O) groups is 2. The number of rotatable bonds is 10. The molecule has 2 aromatic carbocycles. The quantitative estimate of drug-likeness (QED) is 0.296. The van der Waals surface area contributed by atoms with E-state index in [-0.39, 0.29) is 28.3 Å². The van der Waals surface area contributed by atoms with E-state index in [1.807, 2.05) is 36.4 Å². The van der Waals surface area contributed by atoms with Crippen LogP contribution in [-0.4, -0.2) is 54.1 Å². The SMILES string of the molecule is C=CCOC(=O)C(C#N)=c1sc(=CNc2ccc3cc(C(=O)NCCN4CCCC4)ccc3c2)c(=O)n1CC. The maximum atomic E-state index is 12.9. The number of benzene rings is 2. The normalized spacial score (nSPS) is 14.6. The zero-order valence-corrected chi connectivity index (χ0v) is 22.7. The summed E-state index contributed by atoms with van der Waals surface area (Å²) in [5.74, 6) is -0.885. The summed E-state index contributed by atoms with van der Waals surface area (Å²) in [4.78, 5) is 40.2. The van der Waals surface area contributed by atoms with Crippen LogP contribution in [0.1, 0.15) is 30.1 Å². The van der Waals surface area contributed by atoms with E-state index in [1.54, 1.807) is 19.2 Å². The first-order valence-electron chi connectivity index (χ1n) is 12.9. The van der Waals surface area contributed by atoms with Gasteiger partial charge in [-0.15, -0.1) is 11.3 Å². The van der Waals surface area contributed by atoms with Crippen LogP contribution in [-0.2, 0) is 16.1 Å². The first kappa shape index (κ1) is 27.8. The smallest absolute Gasteiger partial charge is 0.352 e. The number of fused-ring (bicyclic) bond motifs is 1. The zero-order chi connectivity index (χ0) is 27.8. The molecule has 10 heteroatoms. The molecule has 0 aliphatic carbocycles. The Labute approximate surface area is 230 Å². The first-order chi connectivity index (χ1) is 18.9. The molecule has 0 atom stereocenters. The number of nitrogens with one attached hydrogen (secondary N) is 2. The summed E-state index contributed by atoms with van der Waals surface area (Å²) in [7, 11) is 0. The lowest BCUT2D eigenvalue weighted by atomic mass is 10.1. The molecule has 1 aliphatic rings. The van der Waals surface area contributed by atoms with E-state index >= 15 is 0 Å². The van der Waals surface area contributed by atoms with E-state index in [1.165, 1.54) is 23.5 Å². The van der Waals surface area contributed by atoms with Crippen molar-refractivity contribution >= 4 is 51.4 Å². The van der Waals surface area contributed by atoms with E-state index in [0.29, 0.717) is 23.2 Å². The lowest BCUT2D eigenvalue weighted by Gasteiger charge is -2.14. The number of ether oxygens (including phenoxy) is 1. The predicted molar refractivity (Wildman–Crippen MR) is 154 cm³/mol. The highest BCUT2D eigenvalue weighted by Gasteiger charge is 2.16. The van der Waals surface area contributed by atoms with Gasteiger partial charge in [0, 0.05) is 37.1 Å². The Morgan fingerprint density at radius 3 is 2.64 bits per heavy atom. The molecule has 1 aromatic heterocycles. The van der Waals surface area contributed by atoms with Crippen LogP contribution in [0, 0.1) is 11.3 Å². The molecule has 2 heterocycles. The first-order valence-corrected chi connectivity index (χ1v) is 13.7. The van der Waals surface area contributed by atoms with E-state index in [2.05, 4.69) is 22.1 Å². The second-order valence-electron chi connectivity index (χ2n) is 9.06. The molecule has 4 rings (SSSR count). The van der Waals surface area contributed by atoms with Gasteiger partial charge >= 0.3 is 5.97 Å². The second-order valence-corrected chi connectivity index (χ2v) is 10.1. The van der Waals surface area contributed by atoms with E-state index < -0.39 is 5.97 Å². The van der Waals surface area contributed by atoms with Gasteiger partial charge in [0.1, 0.15) is 21.9 Å². The minimum absolute atomic E-state index is 0.0286.